The van der Waals surface area contributed by atoms with E-state index in [-0.39, 0.29) is 5.25 Å². The zero-order valence-electron chi connectivity index (χ0n) is 8.32. The van der Waals surface area contributed by atoms with Gasteiger partial charge in [0.05, 0.1) is 5.25 Å². The van der Waals surface area contributed by atoms with Crippen LogP contribution in [0.15, 0.2) is 24.3 Å². The van der Waals surface area contributed by atoms with Gasteiger partial charge in [0.2, 0.25) is 0 Å². The van der Waals surface area contributed by atoms with E-state index >= 15 is 0 Å². The van der Waals surface area contributed by atoms with Crippen LogP contribution in [-0.2, 0) is 10.8 Å². The second kappa shape index (κ2) is 4.24. The molecular weight excluding hydrogens is 194 g/mol. The molecule has 2 rings (SSSR count). The van der Waals surface area contributed by atoms with Crippen LogP contribution in [0, 0.1) is 6.92 Å². The van der Waals surface area contributed by atoms with Gasteiger partial charge in [-0.15, -0.1) is 0 Å². The Kier molecular flexibility index (Phi) is 2.99. The van der Waals surface area contributed by atoms with Gasteiger partial charge in [0.15, 0.2) is 0 Å². The molecule has 1 saturated heterocycles. The normalized spacial score (nSPS) is 27.5. The second-order valence-electron chi connectivity index (χ2n) is 3.69. The first kappa shape index (κ1) is 9.87. The summed E-state index contributed by atoms with van der Waals surface area (Å²) in [6.45, 7) is 3.80. The fourth-order valence-corrected chi connectivity index (χ4v) is 3.17. The third kappa shape index (κ3) is 2.04. The molecule has 1 N–H and O–H groups in total. The van der Waals surface area contributed by atoms with E-state index in [1.165, 1.54) is 11.1 Å². The van der Waals surface area contributed by atoms with Gasteiger partial charge in [-0.2, -0.15) is 0 Å². The minimum absolute atomic E-state index is 0.184. The molecular formula is C11H15NOS. The molecule has 76 valence electrons. The summed E-state index contributed by atoms with van der Waals surface area (Å²) in [4.78, 5) is 0. The third-order valence-electron chi connectivity index (χ3n) is 2.54. The predicted octanol–water partition coefficient (Wildman–Crippen LogP) is 1.39. The van der Waals surface area contributed by atoms with E-state index in [4.69, 9.17) is 0 Å². The van der Waals surface area contributed by atoms with E-state index in [2.05, 4.69) is 30.4 Å². The van der Waals surface area contributed by atoms with Crippen molar-refractivity contribution < 1.29 is 4.21 Å². The molecule has 0 aliphatic carbocycles. The van der Waals surface area contributed by atoms with Crippen molar-refractivity contribution in [1.29, 1.82) is 0 Å². The zero-order valence-corrected chi connectivity index (χ0v) is 9.14. The number of aryl methyl sites for hydroxylation is 1. The Morgan fingerprint density at radius 2 is 2.36 bits per heavy atom. The fraction of sp³-hybridized carbons (Fsp3) is 0.455. The fourth-order valence-electron chi connectivity index (χ4n) is 1.78. The highest BCUT2D eigenvalue weighted by Crippen LogP contribution is 2.22. The number of benzene rings is 1. The Bertz CT molecular complexity index is 351. The van der Waals surface area contributed by atoms with E-state index in [1.807, 2.05) is 6.07 Å². The minimum Gasteiger partial charge on any atom is -0.314 e. The van der Waals surface area contributed by atoms with Crippen LogP contribution in [0.2, 0.25) is 0 Å². The molecule has 0 radical (unpaired) electrons. The van der Waals surface area contributed by atoms with Crippen LogP contribution in [0.25, 0.3) is 0 Å². The summed E-state index contributed by atoms with van der Waals surface area (Å²) in [5, 5.41) is 3.47. The van der Waals surface area contributed by atoms with Gasteiger partial charge < -0.3 is 5.32 Å². The zero-order chi connectivity index (χ0) is 9.97. The molecule has 1 fully saturated rings. The summed E-state index contributed by atoms with van der Waals surface area (Å²) in [6.07, 6.45) is 0. The van der Waals surface area contributed by atoms with Crippen molar-refractivity contribution in [3.8, 4) is 0 Å². The number of rotatable bonds is 1. The van der Waals surface area contributed by atoms with Gasteiger partial charge in [0, 0.05) is 29.6 Å². The van der Waals surface area contributed by atoms with E-state index < -0.39 is 10.8 Å². The second-order valence-corrected chi connectivity index (χ2v) is 5.43. The van der Waals surface area contributed by atoms with Crippen LogP contribution < -0.4 is 5.32 Å². The SMILES string of the molecule is Cc1cccc(C2CNCCS2=O)c1. The van der Waals surface area contributed by atoms with Crippen LogP contribution in [0.5, 0.6) is 0 Å². The topological polar surface area (TPSA) is 29.1 Å². The van der Waals surface area contributed by atoms with Crippen molar-refractivity contribution in [2.24, 2.45) is 0 Å². The van der Waals surface area contributed by atoms with Crippen molar-refractivity contribution in [2.45, 2.75) is 12.2 Å². The molecule has 1 aromatic carbocycles. The molecule has 0 spiro atoms. The lowest BCUT2D eigenvalue weighted by molar-refractivity contribution is 0.624. The standard InChI is InChI=1S/C11H15NOS/c1-9-3-2-4-10(7-9)11-8-12-5-6-14(11)13/h2-4,7,11-12H,5-6,8H2,1H3. The summed E-state index contributed by atoms with van der Waals surface area (Å²) in [5.74, 6) is 0.776. The van der Waals surface area contributed by atoms with Gasteiger partial charge >= 0.3 is 0 Å². The Morgan fingerprint density at radius 3 is 3.07 bits per heavy atom. The third-order valence-corrected chi connectivity index (χ3v) is 4.22. The van der Waals surface area contributed by atoms with Crippen LogP contribution in [-0.4, -0.2) is 23.1 Å². The van der Waals surface area contributed by atoms with Gasteiger partial charge in [0.25, 0.3) is 0 Å². The quantitative estimate of drug-likeness (QED) is 0.757. The number of hydrogen-bond acceptors (Lipinski definition) is 2. The van der Waals surface area contributed by atoms with Gasteiger partial charge in [-0.05, 0) is 12.5 Å². The summed E-state index contributed by atoms with van der Waals surface area (Å²) in [6, 6.07) is 8.32. The van der Waals surface area contributed by atoms with E-state index in [0.717, 1.165) is 18.8 Å². The molecule has 1 aliphatic rings. The Morgan fingerprint density at radius 1 is 1.50 bits per heavy atom. The molecule has 2 nitrogen and oxygen atoms in total. The van der Waals surface area contributed by atoms with Crippen molar-refractivity contribution in [1.82, 2.24) is 5.32 Å². The van der Waals surface area contributed by atoms with Gasteiger partial charge in [-0.25, -0.2) is 0 Å². The maximum absolute atomic E-state index is 11.8. The Hall–Kier alpha value is -0.670. The predicted molar refractivity (Wildman–Crippen MR) is 59.8 cm³/mol. The Balaban J connectivity index is 2.24. The highest BCUT2D eigenvalue weighted by atomic mass is 32.2. The summed E-state index contributed by atoms with van der Waals surface area (Å²) >= 11 is 0. The monoisotopic (exact) mass is 209 g/mol. The largest absolute Gasteiger partial charge is 0.314 e. The summed E-state index contributed by atoms with van der Waals surface area (Å²) in [5.41, 5.74) is 2.45. The van der Waals surface area contributed by atoms with Gasteiger partial charge in [0.1, 0.15) is 0 Å². The molecule has 0 amide bonds. The maximum Gasteiger partial charge on any atom is 0.0722 e. The van der Waals surface area contributed by atoms with Gasteiger partial charge in [-0.3, -0.25) is 4.21 Å². The first-order valence-electron chi connectivity index (χ1n) is 4.92. The molecule has 14 heavy (non-hydrogen) atoms. The van der Waals surface area contributed by atoms with Crippen LogP contribution in [0.1, 0.15) is 16.4 Å². The van der Waals surface area contributed by atoms with E-state index in [0.29, 0.717) is 0 Å². The van der Waals surface area contributed by atoms with Crippen molar-refractivity contribution in [3.63, 3.8) is 0 Å². The molecule has 2 unspecified atom stereocenters. The number of nitrogens with one attached hydrogen (secondary N) is 1. The average Bonchev–Trinajstić information content (AvgIpc) is 2.18. The first-order chi connectivity index (χ1) is 6.77. The Labute approximate surface area is 87.2 Å². The van der Waals surface area contributed by atoms with Crippen LogP contribution >= 0.6 is 0 Å². The maximum atomic E-state index is 11.8. The van der Waals surface area contributed by atoms with Crippen LogP contribution in [0.3, 0.4) is 0 Å². The molecule has 0 bridgehead atoms. The van der Waals surface area contributed by atoms with E-state index in [1.54, 1.807) is 0 Å². The number of hydrogen-bond donors (Lipinski definition) is 1. The highest BCUT2D eigenvalue weighted by Gasteiger charge is 2.21. The van der Waals surface area contributed by atoms with Crippen LogP contribution in [0.4, 0.5) is 0 Å². The molecule has 1 heterocycles. The molecule has 1 aliphatic heterocycles. The summed E-state index contributed by atoms with van der Waals surface area (Å²) < 4.78 is 11.8. The molecule has 2 atom stereocenters. The summed E-state index contributed by atoms with van der Waals surface area (Å²) in [7, 11) is -0.700. The average molecular weight is 209 g/mol. The first-order valence-corrected chi connectivity index (χ1v) is 6.30. The van der Waals surface area contributed by atoms with Crippen molar-refractivity contribution in [3.05, 3.63) is 35.4 Å². The highest BCUT2D eigenvalue weighted by molar-refractivity contribution is 7.85. The van der Waals surface area contributed by atoms with Crippen molar-refractivity contribution >= 4 is 10.8 Å². The molecule has 0 saturated carbocycles. The lowest BCUT2D eigenvalue weighted by Crippen LogP contribution is -2.35. The lowest BCUT2D eigenvalue weighted by Gasteiger charge is -2.22. The molecule has 1 aromatic rings. The molecule has 0 aromatic heterocycles. The minimum atomic E-state index is -0.700. The van der Waals surface area contributed by atoms with Crippen molar-refractivity contribution in [2.75, 3.05) is 18.8 Å². The molecule has 3 heteroatoms. The van der Waals surface area contributed by atoms with E-state index in [9.17, 15) is 4.21 Å². The van der Waals surface area contributed by atoms with Gasteiger partial charge in [-0.1, -0.05) is 29.8 Å². The lowest BCUT2D eigenvalue weighted by atomic mass is 10.1. The smallest absolute Gasteiger partial charge is 0.0722 e.